The first-order valence-electron chi connectivity index (χ1n) is 6.20. The molecular weight excluding hydrogens is 272 g/mol. The molecule has 1 heterocycles. The van der Waals surface area contributed by atoms with Crippen molar-refractivity contribution in [1.29, 1.82) is 0 Å². The Bertz CT molecular complexity index is 411. The molecule has 0 radical (unpaired) electrons. The third-order valence-corrected chi connectivity index (χ3v) is 4.55. The quantitative estimate of drug-likeness (QED) is 0.874. The Balaban J connectivity index is 1.79. The second kappa shape index (κ2) is 6.50. The molecule has 6 heteroatoms. The normalized spacial score (nSPS) is 24.1. The van der Waals surface area contributed by atoms with Gasteiger partial charge in [0.25, 0.3) is 0 Å². The molecule has 1 aromatic rings. The number of halogens is 1. The zero-order valence-electron chi connectivity index (χ0n) is 10.1. The van der Waals surface area contributed by atoms with Gasteiger partial charge < -0.3 is 10.4 Å². The summed E-state index contributed by atoms with van der Waals surface area (Å²) in [5.41, 5.74) is 0. The molecule has 1 aromatic heterocycles. The minimum Gasteiger partial charge on any atom is -0.481 e. The Morgan fingerprint density at radius 1 is 1.56 bits per heavy atom. The molecule has 0 bridgehead atoms. The molecule has 0 aromatic carbocycles. The fourth-order valence-corrected chi connectivity index (χ4v) is 3.44. The fourth-order valence-electron chi connectivity index (χ4n) is 2.51. The van der Waals surface area contributed by atoms with Crippen LogP contribution in [0.25, 0.3) is 0 Å². The lowest BCUT2D eigenvalue weighted by Gasteiger charge is -2.28. The third kappa shape index (κ3) is 3.67. The molecule has 2 unspecified atom stereocenters. The third-order valence-electron chi connectivity index (χ3n) is 3.43. The summed E-state index contributed by atoms with van der Waals surface area (Å²) < 4.78 is 0.688. The number of carboxylic acids is 1. The fraction of sp³-hybridized carbons (Fsp3) is 0.667. The van der Waals surface area contributed by atoms with E-state index in [1.807, 2.05) is 0 Å². The van der Waals surface area contributed by atoms with E-state index >= 15 is 0 Å². The van der Waals surface area contributed by atoms with Gasteiger partial charge in [0.05, 0.1) is 12.1 Å². The number of carboxylic acid groups (broad SMARTS) is 1. The predicted molar refractivity (Wildman–Crippen MR) is 71.9 cm³/mol. The van der Waals surface area contributed by atoms with Crippen molar-refractivity contribution in [2.75, 3.05) is 6.54 Å². The van der Waals surface area contributed by atoms with E-state index in [1.54, 1.807) is 6.20 Å². The second-order valence-electron chi connectivity index (χ2n) is 4.68. The van der Waals surface area contributed by atoms with Crippen LogP contribution in [0.2, 0.25) is 4.34 Å². The van der Waals surface area contributed by atoms with Crippen LogP contribution in [0, 0.1) is 11.8 Å². The summed E-state index contributed by atoms with van der Waals surface area (Å²) in [7, 11) is 0. The average molecular weight is 289 g/mol. The van der Waals surface area contributed by atoms with Gasteiger partial charge in [0.2, 0.25) is 0 Å². The highest BCUT2D eigenvalue weighted by Crippen LogP contribution is 2.29. The SMILES string of the molecule is O=C(O)C1CCCCC1CNCc1ncc(Cl)s1. The van der Waals surface area contributed by atoms with Gasteiger partial charge >= 0.3 is 5.97 Å². The van der Waals surface area contributed by atoms with Gasteiger partial charge in [-0.3, -0.25) is 4.79 Å². The van der Waals surface area contributed by atoms with E-state index in [1.165, 1.54) is 11.3 Å². The van der Waals surface area contributed by atoms with E-state index < -0.39 is 5.97 Å². The summed E-state index contributed by atoms with van der Waals surface area (Å²) in [4.78, 5) is 15.3. The molecule has 18 heavy (non-hydrogen) atoms. The summed E-state index contributed by atoms with van der Waals surface area (Å²) in [6.45, 7) is 1.41. The standard InChI is InChI=1S/C12H17ClN2O2S/c13-10-6-15-11(18-10)7-14-5-8-3-1-2-4-9(8)12(16)17/h6,8-9,14H,1-5,7H2,(H,16,17). The number of carbonyl (C=O) groups is 1. The summed E-state index contributed by atoms with van der Waals surface area (Å²) in [6.07, 6.45) is 5.63. The molecule has 0 saturated heterocycles. The highest BCUT2D eigenvalue weighted by atomic mass is 35.5. The van der Waals surface area contributed by atoms with Crippen molar-refractivity contribution in [2.45, 2.75) is 32.2 Å². The van der Waals surface area contributed by atoms with Crippen molar-refractivity contribution in [1.82, 2.24) is 10.3 Å². The molecule has 2 N–H and O–H groups in total. The summed E-state index contributed by atoms with van der Waals surface area (Å²) in [5.74, 6) is -0.600. The van der Waals surface area contributed by atoms with E-state index in [2.05, 4.69) is 10.3 Å². The predicted octanol–water partition coefficient (Wildman–Crippen LogP) is 2.78. The number of aromatic nitrogens is 1. The lowest BCUT2D eigenvalue weighted by atomic mass is 9.79. The second-order valence-corrected chi connectivity index (χ2v) is 6.42. The average Bonchev–Trinajstić information content (AvgIpc) is 2.75. The van der Waals surface area contributed by atoms with Crippen molar-refractivity contribution in [3.05, 3.63) is 15.5 Å². The van der Waals surface area contributed by atoms with Crippen LogP contribution in [0.1, 0.15) is 30.7 Å². The number of hydrogen-bond acceptors (Lipinski definition) is 4. The van der Waals surface area contributed by atoms with Gasteiger partial charge in [-0.2, -0.15) is 0 Å². The molecule has 2 rings (SSSR count). The Hall–Kier alpha value is -0.650. The van der Waals surface area contributed by atoms with E-state index in [0.717, 1.165) is 37.2 Å². The van der Waals surface area contributed by atoms with Crippen LogP contribution >= 0.6 is 22.9 Å². The summed E-state index contributed by atoms with van der Waals surface area (Å²) in [6, 6.07) is 0. The van der Waals surface area contributed by atoms with E-state index in [4.69, 9.17) is 11.6 Å². The van der Waals surface area contributed by atoms with Crippen molar-refractivity contribution < 1.29 is 9.90 Å². The summed E-state index contributed by atoms with van der Waals surface area (Å²) >= 11 is 7.26. The lowest BCUT2D eigenvalue weighted by Crippen LogP contribution is -2.34. The topological polar surface area (TPSA) is 62.2 Å². The molecule has 4 nitrogen and oxygen atoms in total. The molecule has 2 atom stereocenters. The zero-order chi connectivity index (χ0) is 13.0. The van der Waals surface area contributed by atoms with Gasteiger partial charge in [0.1, 0.15) is 9.34 Å². The molecule has 1 aliphatic carbocycles. The minimum atomic E-state index is -0.654. The molecular formula is C12H17ClN2O2S. The van der Waals surface area contributed by atoms with Gasteiger partial charge in [-0.15, -0.1) is 11.3 Å². The highest BCUT2D eigenvalue weighted by molar-refractivity contribution is 7.15. The molecule has 1 saturated carbocycles. The molecule has 1 aliphatic rings. The van der Waals surface area contributed by atoms with Crippen molar-refractivity contribution in [2.24, 2.45) is 11.8 Å². The Morgan fingerprint density at radius 2 is 2.33 bits per heavy atom. The first-order valence-corrected chi connectivity index (χ1v) is 7.40. The Kier molecular flexibility index (Phi) is 4.97. The van der Waals surface area contributed by atoms with Crippen LogP contribution in [0.15, 0.2) is 6.20 Å². The maximum absolute atomic E-state index is 11.1. The summed E-state index contributed by atoms with van der Waals surface area (Å²) in [5, 5.41) is 13.4. The largest absolute Gasteiger partial charge is 0.481 e. The van der Waals surface area contributed by atoms with Crippen LogP contribution in [-0.4, -0.2) is 22.6 Å². The van der Waals surface area contributed by atoms with Crippen LogP contribution in [0.5, 0.6) is 0 Å². The first-order chi connectivity index (χ1) is 8.66. The van der Waals surface area contributed by atoms with Crippen LogP contribution in [-0.2, 0) is 11.3 Å². The smallest absolute Gasteiger partial charge is 0.306 e. The van der Waals surface area contributed by atoms with Gasteiger partial charge in [-0.25, -0.2) is 4.98 Å². The number of rotatable bonds is 5. The molecule has 0 amide bonds. The Morgan fingerprint density at radius 3 is 3.00 bits per heavy atom. The maximum atomic E-state index is 11.1. The molecule has 1 fully saturated rings. The number of thiazole rings is 1. The van der Waals surface area contributed by atoms with Crippen molar-refractivity contribution in [3.63, 3.8) is 0 Å². The Labute approximate surface area is 115 Å². The maximum Gasteiger partial charge on any atom is 0.306 e. The number of hydrogen-bond donors (Lipinski definition) is 2. The number of nitrogens with one attached hydrogen (secondary N) is 1. The monoisotopic (exact) mass is 288 g/mol. The minimum absolute atomic E-state index is 0.189. The van der Waals surface area contributed by atoms with E-state index in [0.29, 0.717) is 10.9 Å². The molecule has 100 valence electrons. The first kappa shape index (κ1) is 13.8. The van der Waals surface area contributed by atoms with Crippen molar-refractivity contribution in [3.8, 4) is 0 Å². The van der Waals surface area contributed by atoms with Gasteiger partial charge in [-0.1, -0.05) is 24.4 Å². The van der Waals surface area contributed by atoms with Crippen LogP contribution in [0.4, 0.5) is 0 Å². The van der Waals surface area contributed by atoms with Crippen LogP contribution < -0.4 is 5.32 Å². The lowest BCUT2D eigenvalue weighted by molar-refractivity contribution is -0.144. The number of nitrogens with zero attached hydrogens (tertiary/aromatic N) is 1. The van der Waals surface area contributed by atoms with E-state index in [-0.39, 0.29) is 11.8 Å². The van der Waals surface area contributed by atoms with Gasteiger partial charge in [0, 0.05) is 6.54 Å². The van der Waals surface area contributed by atoms with Crippen LogP contribution in [0.3, 0.4) is 0 Å². The van der Waals surface area contributed by atoms with E-state index in [9.17, 15) is 9.90 Å². The highest BCUT2D eigenvalue weighted by Gasteiger charge is 2.30. The van der Waals surface area contributed by atoms with Crippen molar-refractivity contribution >= 4 is 28.9 Å². The molecule has 0 spiro atoms. The van der Waals surface area contributed by atoms with Gasteiger partial charge in [-0.05, 0) is 25.3 Å². The molecule has 0 aliphatic heterocycles. The zero-order valence-corrected chi connectivity index (χ0v) is 11.6. The van der Waals surface area contributed by atoms with Gasteiger partial charge in [0.15, 0.2) is 0 Å². The number of aliphatic carboxylic acids is 1.